The molecule has 0 N–H and O–H groups in total. The summed E-state index contributed by atoms with van der Waals surface area (Å²) in [4.78, 5) is 8.41. The molecular weight excluding hydrogens is 160 g/mol. The summed E-state index contributed by atoms with van der Waals surface area (Å²) >= 11 is 0. The number of rotatable bonds is 2. The van der Waals surface area contributed by atoms with Crippen LogP contribution >= 0.6 is 0 Å². The summed E-state index contributed by atoms with van der Waals surface area (Å²) < 4.78 is 0. The molecule has 72 valence electrons. The Labute approximate surface area is 80.4 Å². The first-order chi connectivity index (χ1) is 6.05. The van der Waals surface area contributed by atoms with Gasteiger partial charge in [-0.1, -0.05) is 34.1 Å². The van der Waals surface area contributed by atoms with Crippen molar-refractivity contribution in [1.82, 2.24) is 9.97 Å². The van der Waals surface area contributed by atoms with Gasteiger partial charge in [0.05, 0.1) is 0 Å². The minimum absolute atomic E-state index is 0.158. The van der Waals surface area contributed by atoms with Gasteiger partial charge in [-0.25, -0.2) is 9.97 Å². The average molecular weight is 178 g/mol. The quantitative estimate of drug-likeness (QED) is 0.696. The van der Waals surface area contributed by atoms with Crippen molar-refractivity contribution in [2.45, 2.75) is 46.0 Å². The van der Waals surface area contributed by atoms with Crippen molar-refractivity contribution in [3.8, 4) is 0 Å². The van der Waals surface area contributed by atoms with Crippen LogP contribution in [0.4, 0.5) is 0 Å². The monoisotopic (exact) mass is 178 g/mol. The van der Waals surface area contributed by atoms with Crippen LogP contribution in [-0.4, -0.2) is 9.97 Å². The molecule has 1 aromatic rings. The van der Waals surface area contributed by atoms with Gasteiger partial charge in [0.15, 0.2) is 0 Å². The maximum absolute atomic E-state index is 4.32. The third kappa shape index (κ3) is 2.51. The van der Waals surface area contributed by atoms with Crippen LogP contribution in [0.3, 0.4) is 0 Å². The molecule has 0 aliphatic rings. The Bertz CT molecular complexity index is 274. The van der Waals surface area contributed by atoms with E-state index in [0.29, 0.717) is 0 Å². The van der Waals surface area contributed by atoms with Crippen LogP contribution in [0.2, 0.25) is 0 Å². The standard InChI is InChI=1S/C11H18N2/c1-5-6-10-9(11(2,3)4)7-12-8-13-10/h7-8H,5-6H2,1-4H3. The maximum atomic E-state index is 4.32. The average Bonchev–Trinajstić information content (AvgIpc) is 2.04. The Morgan fingerprint density at radius 1 is 1.31 bits per heavy atom. The van der Waals surface area contributed by atoms with Crippen molar-refractivity contribution in [3.05, 3.63) is 23.8 Å². The number of nitrogens with zero attached hydrogens (tertiary/aromatic N) is 2. The van der Waals surface area contributed by atoms with Gasteiger partial charge in [0.25, 0.3) is 0 Å². The van der Waals surface area contributed by atoms with Crippen LogP contribution in [0.25, 0.3) is 0 Å². The SMILES string of the molecule is CCCc1ncncc1C(C)(C)C. The molecule has 1 aromatic heterocycles. The van der Waals surface area contributed by atoms with Crippen molar-refractivity contribution in [1.29, 1.82) is 0 Å². The van der Waals surface area contributed by atoms with Gasteiger partial charge in [-0.15, -0.1) is 0 Å². The van der Waals surface area contributed by atoms with Crippen molar-refractivity contribution < 1.29 is 0 Å². The molecule has 0 atom stereocenters. The first kappa shape index (κ1) is 10.2. The largest absolute Gasteiger partial charge is 0.244 e. The zero-order chi connectivity index (χ0) is 9.90. The van der Waals surface area contributed by atoms with E-state index in [1.807, 2.05) is 6.20 Å². The van der Waals surface area contributed by atoms with Crippen LogP contribution < -0.4 is 0 Å². The normalized spacial score (nSPS) is 11.7. The Kier molecular flexibility index (Phi) is 3.02. The zero-order valence-corrected chi connectivity index (χ0v) is 8.96. The molecule has 0 unspecified atom stereocenters. The predicted molar refractivity (Wildman–Crippen MR) is 54.7 cm³/mol. The van der Waals surface area contributed by atoms with Crippen LogP contribution in [0, 0.1) is 0 Å². The Balaban J connectivity index is 3.05. The fourth-order valence-electron chi connectivity index (χ4n) is 1.42. The molecule has 0 saturated carbocycles. The Morgan fingerprint density at radius 2 is 2.00 bits per heavy atom. The molecule has 1 heterocycles. The van der Waals surface area contributed by atoms with Crippen molar-refractivity contribution in [3.63, 3.8) is 0 Å². The Hall–Kier alpha value is -0.920. The Morgan fingerprint density at radius 3 is 2.54 bits per heavy atom. The lowest BCUT2D eigenvalue weighted by molar-refractivity contribution is 0.572. The van der Waals surface area contributed by atoms with Gasteiger partial charge in [0.2, 0.25) is 0 Å². The van der Waals surface area contributed by atoms with Gasteiger partial charge in [-0.05, 0) is 17.4 Å². The smallest absolute Gasteiger partial charge is 0.115 e. The minimum atomic E-state index is 0.158. The molecule has 2 nitrogen and oxygen atoms in total. The fourth-order valence-corrected chi connectivity index (χ4v) is 1.42. The van der Waals surface area contributed by atoms with Crippen LogP contribution in [0.5, 0.6) is 0 Å². The van der Waals surface area contributed by atoms with Gasteiger partial charge >= 0.3 is 0 Å². The van der Waals surface area contributed by atoms with E-state index in [0.717, 1.165) is 12.8 Å². The van der Waals surface area contributed by atoms with Gasteiger partial charge in [0, 0.05) is 11.9 Å². The third-order valence-corrected chi connectivity index (χ3v) is 2.09. The van der Waals surface area contributed by atoms with E-state index in [1.165, 1.54) is 11.3 Å². The van der Waals surface area contributed by atoms with Crippen molar-refractivity contribution in [2.75, 3.05) is 0 Å². The third-order valence-electron chi connectivity index (χ3n) is 2.09. The topological polar surface area (TPSA) is 25.8 Å². The van der Waals surface area contributed by atoms with Crippen LogP contribution in [-0.2, 0) is 11.8 Å². The minimum Gasteiger partial charge on any atom is -0.244 e. The number of hydrogen-bond acceptors (Lipinski definition) is 2. The molecule has 0 fully saturated rings. The molecule has 0 saturated heterocycles. The summed E-state index contributed by atoms with van der Waals surface area (Å²) in [6.07, 6.45) is 5.77. The molecular formula is C11H18N2. The second-order valence-corrected chi connectivity index (χ2v) is 4.38. The van der Waals surface area contributed by atoms with E-state index in [4.69, 9.17) is 0 Å². The number of aromatic nitrogens is 2. The molecule has 0 aliphatic heterocycles. The molecule has 0 amide bonds. The van der Waals surface area contributed by atoms with E-state index >= 15 is 0 Å². The van der Waals surface area contributed by atoms with Gasteiger partial charge < -0.3 is 0 Å². The molecule has 0 radical (unpaired) electrons. The maximum Gasteiger partial charge on any atom is 0.115 e. The summed E-state index contributed by atoms with van der Waals surface area (Å²) in [5, 5.41) is 0. The molecule has 2 heteroatoms. The fraction of sp³-hybridized carbons (Fsp3) is 0.636. The molecule has 13 heavy (non-hydrogen) atoms. The number of hydrogen-bond donors (Lipinski definition) is 0. The molecule has 0 aromatic carbocycles. The first-order valence-electron chi connectivity index (χ1n) is 4.85. The lowest BCUT2D eigenvalue weighted by Gasteiger charge is -2.20. The highest BCUT2D eigenvalue weighted by Gasteiger charge is 2.18. The summed E-state index contributed by atoms with van der Waals surface area (Å²) in [6.45, 7) is 8.77. The summed E-state index contributed by atoms with van der Waals surface area (Å²) in [5.41, 5.74) is 2.63. The highest BCUT2D eigenvalue weighted by molar-refractivity contribution is 5.24. The second kappa shape index (κ2) is 3.86. The van der Waals surface area contributed by atoms with Crippen molar-refractivity contribution >= 4 is 0 Å². The summed E-state index contributed by atoms with van der Waals surface area (Å²) in [6, 6.07) is 0. The highest BCUT2D eigenvalue weighted by atomic mass is 14.8. The summed E-state index contributed by atoms with van der Waals surface area (Å²) in [7, 11) is 0. The van der Waals surface area contributed by atoms with E-state index in [2.05, 4.69) is 37.7 Å². The second-order valence-electron chi connectivity index (χ2n) is 4.38. The van der Waals surface area contributed by atoms with Crippen molar-refractivity contribution in [2.24, 2.45) is 0 Å². The first-order valence-corrected chi connectivity index (χ1v) is 4.85. The van der Waals surface area contributed by atoms with E-state index in [1.54, 1.807) is 6.33 Å². The van der Waals surface area contributed by atoms with Gasteiger partial charge in [-0.2, -0.15) is 0 Å². The molecule has 0 aliphatic carbocycles. The molecule has 1 rings (SSSR count). The zero-order valence-electron chi connectivity index (χ0n) is 8.96. The van der Waals surface area contributed by atoms with E-state index < -0.39 is 0 Å². The molecule has 0 bridgehead atoms. The highest BCUT2D eigenvalue weighted by Crippen LogP contribution is 2.24. The van der Waals surface area contributed by atoms with Crippen LogP contribution in [0.15, 0.2) is 12.5 Å². The lowest BCUT2D eigenvalue weighted by Crippen LogP contribution is -2.15. The van der Waals surface area contributed by atoms with Crippen LogP contribution in [0.1, 0.15) is 45.4 Å². The predicted octanol–water partition coefficient (Wildman–Crippen LogP) is 2.73. The van der Waals surface area contributed by atoms with Gasteiger partial charge in [0.1, 0.15) is 6.33 Å². The van der Waals surface area contributed by atoms with E-state index in [9.17, 15) is 0 Å². The number of aryl methyl sites for hydroxylation is 1. The van der Waals surface area contributed by atoms with E-state index in [-0.39, 0.29) is 5.41 Å². The van der Waals surface area contributed by atoms with Gasteiger partial charge in [-0.3, -0.25) is 0 Å². The molecule has 0 spiro atoms. The lowest BCUT2D eigenvalue weighted by atomic mass is 9.86. The summed E-state index contributed by atoms with van der Waals surface area (Å²) in [5.74, 6) is 0.